The standard InChI is InChI=1S/C16H24BNO4/c1-10(2)22-16(19)9-13-12-8-15(21-4)14(20-3)7-11(12)5-6-18(13)17/h7-8,10,13H,5-6,9,17H2,1-4H3/t13-/m1/s1. The molecule has 0 saturated carbocycles. The van der Waals surface area contributed by atoms with Gasteiger partial charge in [-0.15, -0.1) is 0 Å². The number of hydrogen-bond donors (Lipinski definition) is 0. The summed E-state index contributed by atoms with van der Waals surface area (Å²) in [4.78, 5) is 14.2. The summed E-state index contributed by atoms with van der Waals surface area (Å²) in [6.07, 6.45) is 1.19. The first-order valence-corrected chi connectivity index (χ1v) is 7.60. The normalized spacial score (nSPS) is 18.0. The van der Waals surface area contributed by atoms with Gasteiger partial charge in [0, 0.05) is 6.04 Å². The first-order chi connectivity index (χ1) is 10.5. The number of ether oxygens (including phenoxy) is 3. The molecular formula is C16H24BNO4. The van der Waals surface area contributed by atoms with Crippen molar-refractivity contribution in [2.75, 3.05) is 20.8 Å². The van der Waals surface area contributed by atoms with Crippen LogP contribution in [0.25, 0.3) is 0 Å². The lowest BCUT2D eigenvalue weighted by Crippen LogP contribution is -2.35. The molecule has 0 radical (unpaired) electrons. The van der Waals surface area contributed by atoms with Crippen molar-refractivity contribution in [3.05, 3.63) is 23.3 Å². The van der Waals surface area contributed by atoms with Gasteiger partial charge in [-0.05, 0) is 50.1 Å². The average molecular weight is 305 g/mol. The minimum atomic E-state index is -0.172. The van der Waals surface area contributed by atoms with E-state index in [2.05, 4.69) is 4.81 Å². The molecule has 1 heterocycles. The van der Waals surface area contributed by atoms with Crippen LogP contribution in [0.1, 0.15) is 37.4 Å². The second-order valence-corrected chi connectivity index (χ2v) is 5.90. The minimum Gasteiger partial charge on any atom is -0.493 e. The zero-order valence-electron chi connectivity index (χ0n) is 14.0. The Morgan fingerprint density at radius 3 is 2.55 bits per heavy atom. The number of carbonyl (C=O) groups excluding carboxylic acids is 1. The fraction of sp³-hybridized carbons (Fsp3) is 0.562. The molecule has 5 nitrogen and oxygen atoms in total. The van der Waals surface area contributed by atoms with Gasteiger partial charge >= 0.3 is 5.97 Å². The van der Waals surface area contributed by atoms with E-state index in [1.807, 2.05) is 34.0 Å². The highest BCUT2D eigenvalue weighted by Crippen LogP contribution is 2.38. The maximum absolute atomic E-state index is 12.0. The smallest absolute Gasteiger partial charge is 0.307 e. The van der Waals surface area contributed by atoms with Gasteiger partial charge in [-0.3, -0.25) is 4.79 Å². The van der Waals surface area contributed by atoms with Gasteiger partial charge in [0.1, 0.15) is 0 Å². The number of rotatable bonds is 5. The molecular weight excluding hydrogens is 281 g/mol. The maximum atomic E-state index is 12.0. The third-order valence-electron chi connectivity index (χ3n) is 4.00. The molecule has 1 aliphatic rings. The van der Waals surface area contributed by atoms with Gasteiger partial charge in [0.15, 0.2) is 19.5 Å². The summed E-state index contributed by atoms with van der Waals surface area (Å²) in [5.74, 6) is 1.25. The molecule has 22 heavy (non-hydrogen) atoms. The number of nitrogens with zero attached hydrogens (tertiary/aromatic N) is 1. The van der Waals surface area contributed by atoms with Crippen molar-refractivity contribution in [3.8, 4) is 11.5 Å². The van der Waals surface area contributed by atoms with Crippen molar-refractivity contribution in [1.29, 1.82) is 0 Å². The summed E-state index contributed by atoms with van der Waals surface area (Å²) in [6, 6.07) is 4.01. The van der Waals surface area contributed by atoms with Crippen LogP contribution >= 0.6 is 0 Å². The molecule has 0 saturated heterocycles. The molecule has 0 aromatic heterocycles. The van der Waals surface area contributed by atoms with Gasteiger partial charge in [0.25, 0.3) is 0 Å². The van der Waals surface area contributed by atoms with E-state index in [4.69, 9.17) is 14.2 Å². The van der Waals surface area contributed by atoms with Crippen molar-refractivity contribution < 1.29 is 19.0 Å². The molecule has 0 amide bonds. The Morgan fingerprint density at radius 2 is 1.95 bits per heavy atom. The van der Waals surface area contributed by atoms with E-state index in [0.29, 0.717) is 12.2 Å². The van der Waals surface area contributed by atoms with Crippen molar-refractivity contribution in [2.45, 2.75) is 38.8 Å². The Bertz CT molecular complexity index is 547. The van der Waals surface area contributed by atoms with Crippen LogP contribution in [-0.4, -0.2) is 45.6 Å². The van der Waals surface area contributed by atoms with Gasteiger partial charge in [-0.2, -0.15) is 0 Å². The summed E-state index contributed by atoms with van der Waals surface area (Å²) in [5.41, 5.74) is 2.32. The molecule has 1 aromatic carbocycles. The Labute approximate surface area is 133 Å². The van der Waals surface area contributed by atoms with E-state index in [0.717, 1.165) is 24.3 Å². The number of benzene rings is 1. The van der Waals surface area contributed by atoms with Crippen molar-refractivity contribution >= 4 is 14.0 Å². The lowest BCUT2D eigenvalue weighted by molar-refractivity contribution is -0.148. The Hall–Kier alpha value is -1.69. The highest BCUT2D eigenvalue weighted by molar-refractivity contribution is 6.05. The first kappa shape index (κ1) is 16.7. The third kappa shape index (κ3) is 3.55. The maximum Gasteiger partial charge on any atom is 0.307 e. The van der Waals surface area contributed by atoms with E-state index < -0.39 is 0 Å². The van der Waals surface area contributed by atoms with Gasteiger partial charge in [-0.25, -0.2) is 0 Å². The van der Waals surface area contributed by atoms with Crippen LogP contribution < -0.4 is 9.47 Å². The SMILES string of the molecule is BN1CCc2cc(OC)c(OC)cc2[C@H]1CC(=O)OC(C)C. The molecule has 1 atom stereocenters. The number of fused-ring (bicyclic) bond motifs is 1. The molecule has 0 spiro atoms. The monoisotopic (exact) mass is 305 g/mol. The zero-order valence-corrected chi connectivity index (χ0v) is 14.0. The van der Waals surface area contributed by atoms with E-state index >= 15 is 0 Å². The van der Waals surface area contributed by atoms with E-state index in [-0.39, 0.29) is 18.1 Å². The van der Waals surface area contributed by atoms with E-state index in [1.54, 1.807) is 14.2 Å². The predicted octanol–water partition coefficient (Wildman–Crippen LogP) is 1.49. The van der Waals surface area contributed by atoms with Crippen LogP contribution in [0.4, 0.5) is 0 Å². The topological polar surface area (TPSA) is 48.0 Å². The highest BCUT2D eigenvalue weighted by Gasteiger charge is 2.29. The second-order valence-electron chi connectivity index (χ2n) is 5.90. The van der Waals surface area contributed by atoms with Gasteiger partial charge < -0.3 is 19.0 Å². The van der Waals surface area contributed by atoms with Crippen LogP contribution in [0.3, 0.4) is 0 Å². The van der Waals surface area contributed by atoms with Crippen molar-refractivity contribution in [3.63, 3.8) is 0 Å². The Balaban J connectivity index is 2.31. The highest BCUT2D eigenvalue weighted by atomic mass is 16.5. The quantitative estimate of drug-likeness (QED) is 0.609. The summed E-state index contributed by atoms with van der Waals surface area (Å²) in [7, 11) is 5.29. The lowest BCUT2D eigenvalue weighted by atomic mass is 9.88. The van der Waals surface area contributed by atoms with Crippen LogP contribution in [-0.2, 0) is 16.0 Å². The molecule has 0 fully saturated rings. The van der Waals surface area contributed by atoms with Gasteiger partial charge in [0.2, 0.25) is 0 Å². The molecule has 0 N–H and O–H groups in total. The summed E-state index contributed by atoms with van der Waals surface area (Å²) >= 11 is 0. The fourth-order valence-corrected chi connectivity index (χ4v) is 2.89. The molecule has 1 aliphatic heterocycles. The number of hydrogen-bond acceptors (Lipinski definition) is 5. The molecule has 0 aliphatic carbocycles. The van der Waals surface area contributed by atoms with Gasteiger partial charge in [0.05, 0.1) is 26.7 Å². The number of esters is 1. The number of methoxy groups -OCH3 is 2. The molecule has 6 heteroatoms. The zero-order chi connectivity index (χ0) is 16.3. The molecule has 2 rings (SSSR count). The molecule has 0 bridgehead atoms. The lowest BCUT2D eigenvalue weighted by Gasteiger charge is -2.35. The van der Waals surface area contributed by atoms with Crippen molar-refractivity contribution in [2.24, 2.45) is 0 Å². The van der Waals surface area contributed by atoms with Crippen LogP contribution in [0, 0.1) is 0 Å². The Morgan fingerprint density at radius 1 is 1.32 bits per heavy atom. The second kappa shape index (κ2) is 7.05. The molecule has 120 valence electrons. The summed E-state index contributed by atoms with van der Waals surface area (Å²) in [5, 5.41) is 0. The average Bonchev–Trinajstić information content (AvgIpc) is 2.48. The van der Waals surface area contributed by atoms with E-state index in [1.165, 1.54) is 5.56 Å². The molecule has 0 unspecified atom stereocenters. The Kier molecular flexibility index (Phi) is 5.35. The predicted molar refractivity (Wildman–Crippen MR) is 87.1 cm³/mol. The van der Waals surface area contributed by atoms with Crippen LogP contribution in [0.15, 0.2) is 12.1 Å². The fourth-order valence-electron chi connectivity index (χ4n) is 2.89. The van der Waals surface area contributed by atoms with Crippen LogP contribution in [0.5, 0.6) is 11.5 Å². The largest absolute Gasteiger partial charge is 0.493 e. The molecule has 1 aromatic rings. The first-order valence-electron chi connectivity index (χ1n) is 7.60. The summed E-state index contributed by atoms with van der Waals surface area (Å²) < 4.78 is 16.1. The van der Waals surface area contributed by atoms with E-state index in [9.17, 15) is 4.79 Å². The minimum absolute atomic E-state index is 0.00908. The van der Waals surface area contributed by atoms with Gasteiger partial charge in [-0.1, -0.05) is 0 Å². The summed E-state index contributed by atoms with van der Waals surface area (Å²) in [6.45, 7) is 4.64. The third-order valence-corrected chi connectivity index (χ3v) is 4.00. The van der Waals surface area contributed by atoms with Crippen molar-refractivity contribution in [1.82, 2.24) is 4.81 Å². The van der Waals surface area contributed by atoms with Crippen LogP contribution in [0.2, 0.25) is 0 Å². The number of carbonyl (C=O) groups is 1.